The number of carbonyl (C=O) groups is 3. The predicted octanol–water partition coefficient (Wildman–Crippen LogP) is 4.57. The van der Waals surface area contributed by atoms with Crippen molar-refractivity contribution in [2.24, 2.45) is 0 Å². The largest absolute Gasteiger partial charge is 0.418 e. The molecule has 1 saturated carbocycles. The molecule has 1 fully saturated rings. The Hall–Kier alpha value is -3.21. The standard InChI is InChI=1S/C27H32F3N3O4S/c1-18-12-14-21(15-13-18)31-24(34)16-38(37)17-25(35)33(23-11-7-6-10-22(23)27(28,29)30)19(2)26(36)32-20-8-4-3-5-9-20/h6-7,10-15,19-20H,3-5,8-9,16-17H2,1-2H3,(H,31,34)(H,32,36). The Morgan fingerprint density at radius 2 is 1.63 bits per heavy atom. The molecule has 0 aliphatic heterocycles. The van der Waals surface area contributed by atoms with Gasteiger partial charge in [-0.05, 0) is 51.0 Å². The van der Waals surface area contributed by atoms with Crippen LogP contribution in [0, 0.1) is 6.92 Å². The fourth-order valence-electron chi connectivity index (χ4n) is 4.41. The Bertz CT molecular complexity index is 1160. The maximum absolute atomic E-state index is 13.8. The molecule has 3 rings (SSSR count). The summed E-state index contributed by atoms with van der Waals surface area (Å²) in [6.45, 7) is 3.22. The third kappa shape index (κ3) is 8.14. The summed E-state index contributed by atoms with van der Waals surface area (Å²) in [6, 6.07) is 9.95. The molecule has 2 unspecified atom stereocenters. The molecule has 2 aromatic carbocycles. The Morgan fingerprint density at radius 3 is 2.26 bits per heavy atom. The third-order valence-electron chi connectivity index (χ3n) is 6.37. The van der Waals surface area contributed by atoms with E-state index in [2.05, 4.69) is 10.6 Å². The smallest absolute Gasteiger partial charge is 0.352 e. The first-order chi connectivity index (χ1) is 18.0. The van der Waals surface area contributed by atoms with Crippen molar-refractivity contribution in [3.05, 3.63) is 59.7 Å². The van der Waals surface area contributed by atoms with Crippen LogP contribution in [-0.2, 0) is 31.4 Å². The van der Waals surface area contributed by atoms with Crippen molar-refractivity contribution < 1.29 is 31.8 Å². The van der Waals surface area contributed by atoms with E-state index in [0.29, 0.717) is 5.69 Å². The highest BCUT2D eigenvalue weighted by atomic mass is 32.2. The number of anilines is 2. The van der Waals surface area contributed by atoms with Crippen LogP contribution in [0.3, 0.4) is 0 Å². The van der Waals surface area contributed by atoms with Gasteiger partial charge in [0.15, 0.2) is 0 Å². The summed E-state index contributed by atoms with van der Waals surface area (Å²) >= 11 is 0. The molecule has 2 atom stereocenters. The van der Waals surface area contributed by atoms with Crippen LogP contribution in [0.25, 0.3) is 0 Å². The molecule has 2 N–H and O–H groups in total. The zero-order chi connectivity index (χ0) is 27.9. The molecule has 38 heavy (non-hydrogen) atoms. The summed E-state index contributed by atoms with van der Waals surface area (Å²) < 4.78 is 54.2. The van der Waals surface area contributed by atoms with Crippen LogP contribution < -0.4 is 15.5 Å². The van der Waals surface area contributed by atoms with Gasteiger partial charge in [0.25, 0.3) is 0 Å². The van der Waals surface area contributed by atoms with Crippen LogP contribution in [0.5, 0.6) is 0 Å². The number of hydrogen-bond donors (Lipinski definition) is 2. The fraction of sp³-hybridized carbons (Fsp3) is 0.444. The highest BCUT2D eigenvalue weighted by Crippen LogP contribution is 2.37. The number of carbonyl (C=O) groups excluding carboxylic acids is 3. The number of halogens is 3. The van der Waals surface area contributed by atoms with E-state index in [-0.39, 0.29) is 6.04 Å². The zero-order valence-electron chi connectivity index (χ0n) is 21.3. The zero-order valence-corrected chi connectivity index (χ0v) is 22.2. The Labute approximate surface area is 222 Å². The first kappa shape index (κ1) is 29.3. The quantitative estimate of drug-likeness (QED) is 0.477. The number of amides is 3. The van der Waals surface area contributed by atoms with Crippen molar-refractivity contribution in [3.8, 4) is 0 Å². The lowest BCUT2D eigenvalue weighted by atomic mass is 9.95. The van der Waals surface area contributed by atoms with Crippen molar-refractivity contribution in [2.45, 2.75) is 64.2 Å². The summed E-state index contributed by atoms with van der Waals surface area (Å²) in [6.07, 6.45) is -0.362. The molecule has 0 aromatic heterocycles. The molecule has 0 heterocycles. The number of aryl methyl sites for hydroxylation is 1. The Balaban J connectivity index is 1.78. The molecule has 0 saturated heterocycles. The molecule has 2 aromatic rings. The van der Waals surface area contributed by atoms with Gasteiger partial charge in [-0.3, -0.25) is 23.5 Å². The molecular weight excluding hydrogens is 519 g/mol. The van der Waals surface area contributed by atoms with E-state index in [1.54, 1.807) is 24.3 Å². The van der Waals surface area contributed by atoms with Gasteiger partial charge >= 0.3 is 6.18 Å². The molecule has 0 bridgehead atoms. The van der Waals surface area contributed by atoms with E-state index in [1.165, 1.54) is 19.1 Å². The number of alkyl halides is 3. The second-order valence-corrected chi connectivity index (χ2v) is 10.9. The highest BCUT2D eigenvalue weighted by Gasteiger charge is 2.39. The van der Waals surface area contributed by atoms with E-state index >= 15 is 0 Å². The molecule has 3 amide bonds. The van der Waals surface area contributed by atoms with E-state index in [0.717, 1.165) is 54.7 Å². The van der Waals surface area contributed by atoms with Gasteiger partial charge in [0, 0.05) is 22.5 Å². The van der Waals surface area contributed by atoms with Crippen LogP contribution >= 0.6 is 0 Å². The number of hydrogen-bond acceptors (Lipinski definition) is 4. The molecule has 1 aliphatic carbocycles. The summed E-state index contributed by atoms with van der Waals surface area (Å²) in [4.78, 5) is 39.4. The minimum Gasteiger partial charge on any atom is -0.352 e. The average Bonchev–Trinajstić information content (AvgIpc) is 2.85. The van der Waals surface area contributed by atoms with Crippen LogP contribution in [0.4, 0.5) is 24.5 Å². The van der Waals surface area contributed by atoms with E-state index in [4.69, 9.17) is 0 Å². The summed E-state index contributed by atoms with van der Waals surface area (Å²) in [5.41, 5.74) is -0.123. The molecule has 0 radical (unpaired) electrons. The number of rotatable bonds is 9. The van der Waals surface area contributed by atoms with E-state index < -0.39 is 63.5 Å². The normalized spacial score (nSPS) is 15.8. The number of para-hydroxylation sites is 1. The van der Waals surface area contributed by atoms with Gasteiger partial charge in [0.1, 0.15) is 17.5 Å². The third-order valence-corrected chi connectivity index (χ3v) is 7.52. The lowest BCUT2D eigenvalue weighted by Crippen LogP contribution is -2.52. The second kappa shape index (κ2) is 13.0. The van der Waals surface area contributed by atoms with Crippen molar-refractivity contribution in [2.75, 3.05) is 21.7 Å². The monoisotopic (exact) mass is 551 g/mol. The van der Waals surface area contributed by atoms with E-state index in [1.807, 2.05) is 6.92 Å². The topological polar surface area (TPSA) is 95.6 Å². The molecule has 11 heteroatoms. The lowest BCUT2D eigenvalue weighted by molar-refractivity contribution is -0.137. The highest BCUT2D eigenvalue weighted by molar-refractivity contribution is 7.86. The maximum Gasteiger partial charge on any atom is 0.418 e. The first-order valence-corrected chi connectivity index (χ1v) is 13.9. The summed E-state index contributed by atoms with van der Waals surface area (Å²) in [5, 5.41) is 5.42. The van der Waals surface area contributed by atoms with E-state index in [9.17, 15) is 31.8 Å². The minimum absolute atomic E-state index is 0.117. The van der Waals surface area contributed by atoms with Gasteiger partial charge in [-0.25, -0.2) is 0 Å². The van der Waals surface area contributed by atoms with Gasteiger partial charge in [0.2, 0.25) is 17.7 Å². The van der Waals surface area contributed by atoms with Crippen LogP contribution in [-0.4, -0.2) is 45.5 Å². The van der Waals surface area contributed by atoms with Crippen molar-refractivity contribution in [3.63, 3.8) is 0 Å². The van der Waals surface area contributed by atoms with Crippen LogP contribution in [0.2, 0.25) is 0 Å². The lowest BCUT2D eigenvalue weighted by Gasteiger charge is -2.32. The number of benzene rings is 2. The van der Waals surface area contributed by atoms with Gasteiger partial charge in [0.05, 0.1) is 11.3 Å². The predicted molar refractivity (Wildman–Crippen MR) is 141 cm³/mol. The Morgan fingerprint density at radius 1 is 1.00 bits per heavy atom. The van der Waals surface area contributed by atoms with Gasteiger partial charge < -0.3 is 10.6 Å². The van der Waals surface area contributed by atoms with Gasteiger partial charge in [-0.2, -0.15) is 13.2 Å². The Kier molecular flexibility index (Phi) is 10.1. The number of nitrogens with one attached hydrogen (secondary N) is 2. The summed E-state index contributed by atoms with van der Waals surface area (Å²) in [5.74, 6) is -3.41. The van der Waals surface area contributed by atoms with Crippen molar-refractivity contribution >= 4 is 39.9 Å². The summed E-state index contributed by atoms with van der Waals surface area (Å²) in [7, 11) is -2.03. The first-order valence-electron chi connectivity index (χ1n) is 12.5. The van der Waals surface area contributed by atoms with Crippen molar-refractivity contribution in [1.29, 1.82) is 0 Å². The fourth-order valence-corrected chi connectivity index (χ4v) is 5.29. The van der Waals surface area contributed by atoms with Crippen LogP contribution in [0.1, 0.15) is 50.2 Å². The second-order valence-electron chi connectivity index (χ2n) is 9.44. The maximum atomic E-state index is 13.8. The molecular formula is C27H32F3N3O4S. The van der Waals surface area contributed by atoms with Crippen molar-refractivity contribution in [1.82, 2.24) is 5.32 Å². The molecule has 0 spiro atoms. The van der Waals surface area contributed by atoms with Gasteiger partial charge in [-0.1, -0.05) is 49.1 Å². The molecule has 7 nitrogen and oxygen atoms in total. The minimum atomic E-state index is -4.79. The van der Waals surface area contributed by atoms with Crippen LogP contribution in [0.15, 0.2) is 48.5 Å². The molecule has 1 aliphatic rings. The SMILES string of the molecule is Cc1ccc(NC(=O)CS(=O)CC(=O)N(c2ccccc2C(F)(F)F)C(C)C(=O)NC2CCCCC2)cc1. The van der Waals surface area contributed by atoms with Gasteiger partial charge in [-0.15, -0.1) is 0 Å². The average molecular weight is 552 g/mol. The molecule has 206 valence electrons. The number of nitrogens with zero attached hydrogens (tertiary/aromatic N) is 1.